The molecule has 0 aliphatic rings. The lowest BCUT2D eigenvalue weighted by Crippen LogP contribution is -2.42. The van der Waals surface area contributed by atoms with Crippen molar-refractivity contribution in [2.75, 3.05) is 49.0 Å². The number of sulfonamides is 1. The topological polar surface area (TPSA) is 166 Å². The standard InChI is InChI=1S/C51H59N7O7S/c1-37(2)57(43-34-52-46(39-22-10-6-11-23-39)48(54-43)41-26-14-8-15-27-41)30-18-20-32-63-36-45(59)65-51(50(60)56-66(5,61)62)64-33-21-19-31-58(38(3)4)44-35-53-47(40-24-12-7-13-25-40)49(55-44)42-28-16-9-17-29-42/h6-17,22-29,34-35,37-38,51H,18-21,30-33,36H2,1-5H3,(H,56,60). The predicted molar refractivity (Wildman–Crippen MR) is 259 cm³/mol. The highest BCUT2D eigenvalue weighted by Gasteiger charge is 2.27. The largest absolute Gasteiger partial charge is 0.424 e. The molecule has 14 nitrogen and oxygen atoms in total. The molecule has 2 heterocycles. The van der Waals surface area contributed by atoms with Gasteiger partial charge in [-0.2, -0.15) is 0 Å². The summed E-state index contributed by atoms with van der Waals surface area (Å²) in [5.41, 5.74) is 7.02. The highest BCUT2D eigenvalue weighted by Crippen LogP contribution is 2.32. The summed E-state index contributed by atoms with van der Waals surface area (Å²) in [5.74, 6) is -0.515. The number of benzene rings is 4. The van der Waals surface area contributed by atoms with Gasteiger partial charge in [-0.1, -0.05) is 121 Å². The molecule has 346 valence electrons. The van der Waals surface area contributed by atoms with E-state index in [2.05, 4.69) is 37.5 Å². The van der Waals surface area contributed by atoms with E-state index in [9.17, 15) is 18.0 Å². The summed E-state index contributed by atoms with van der Waals surface area (Å²) in [6.07, 6.45) is 5.06. The number of hydrogen-bond donors (Lipinski definition) is 1. The molecule has 1 atom stereocenters. The van der Waals surface area contributed by atoms with Crippen LogP contribution in [-0.2, 0) is 33.8 Å². The molecule has 0 aliphatic carbocycles. The number of anilines is 2. The number of aromatic nitrogens is 4. The maximum Gasteiger partial charge on any atom is 0.334 e. The summed E-state index contributed by atoms with van der Waals surface area (Å²) < 4.78 is 42.3. The minimum absolute atomic E-state index is 0.00830. The van der Waals surface area contributed by atoms with E-state index in [1.54, 1.807) is 6.20 Å². The fourth-order valence-corrected chi connectivity index (χ4v) is 7.75. The van der Waals surface area contributed by atoms with Crippen molar-refractivity contribution in [2.45, 2.75) is 71.8 Å². The zero-order valence-corrected chi connectivity index (χ0v) is 39.1. The van der Waals surface area contributed by atoms with E-state index in [1.165, 1.54) is 0 Å². The van der Waals surface area contributed by atoms with Crippen LogP contribution in [0.15, 0.2) is 134 Å². The van der Waals surface area contributed by atoms with Crippen LogP contribution in [-0.4, -0.2) is 97.8 Å². The van der Waals surface area contributed by atoms with Crippen LogP contribution in [0.1, 0.15) is 53.4 Å². The molecule has 15 heteroatoms. The van der Waals surface area contributed by atoms with Crippen LogP contribution in [0.3, 0.4) is 0 Å². The second-order valence-corrected chi connectivity index (χ2v) is 18.0. The summed E-state index contributed by atoms with van der Waals surface area (Å²) in [6.45, 7) is 9.39. The van der Waals surface area contributed by atoms with Crippen molar-refractivity contribution >= 4 is 33.5 Å². The van der Waals surface area contributed by atoms with E-state index in [0.717, 1.165) is 63.5 Å². The van der Waals surface area contributed by atoms with Crippen molar-refractivity contribution in [2.24, 2.45) is 0 Å². The van der Waals surface area contributed by atoms with Gasteiger partial charge < -0.3 is 24.0 Å². The molecule has 1 unspecified atom stereocenters. The average molecular weight is 914 g/mol. The number of nitrogens with one attached hydrogen (secondary N) is 1. The van der Waals surface area contributed by atoms with Gasteiger partial charge in [0, 0.05) is 54.0 Å². The molecule has 0 aliphatic heterocycles. The van der Waals surface area contributed by atoms with Gasteiger partial charge in [0.05, 0.1) is 48.0 Å². The Balaban J connectivity index is 0.995. The Kier molecular flexibility index (Phi) is 17.9. The van der Waals surface area contributed by atoms with Gasteiger partial charge in [-0.3, -0.25) is 14.8 Å². The van der Waals surface area contributed by atoms with E-state index in [-0.39, 0.29) is 25.3 Å². The van der Waals surface area contributed by atoms with E-state index in [4.69, 9.17) is 34.1 Å². The number of unbranched alkanes of at least 4 members (excludes halogenated alkanes) is 2. The summed E-state index contributed by atoms with van der Waals surface area (Å²) >= 11 is 0. The minimum Gasteiger partial charge on any atom is -0.424 e. The van der Waals surface area contributed by atoms with Crippen molar-refractivity contribution in [1.29, 1.82) is 0 Å². The molecule has 66 heavy (non-hydrogen) atoms. The number of rotatable bonds is 24. The van der Waals surface area contributed by atoms with Gasteiger partial charge in [0.25, 0.3) is 6.29 Å². The zero-order chi connectivity index (χ0) is 46.9. The number of esters is 1. The Hall–Kier alpha value is -6.55. The van der Waals surface area contributed by atoms with Crippen molar-refractivity contribution in [3.8, 4) is 45.0 Å². The van der Waals surface area contributed by atoms with Gasteiger partial charge in [0.2, 0.25) is 10.0 Å². The minimum atomic E-state index is -3.96. The van der Waals surface area contributed by atoms with Crippen LogP contribution in [0.2, 0.25) is 0 Å². The molecule has 0 saturated heterocycles. The average Bonchev–Trinajstić information content (AvgIpc) is 3.32. The van der Waals surface area contributed by atoms with Crippen LogP contribution >= 0.6 is 0 Å². The first kappa shape index (κ1) is 48.9. The molecule has 4 aromatic carbocycles. The van der Waals surface area contributed by atoms with Gasteiger partial charge in [-0.25, -0.2) is 27.9 Å². The quantitative estimate of drug-likeness (QED) is 0.0349. The lowest BCUT2D eigenvalue weighted by molar-refractivity contribution is -0.189. The molecular formula is C51H59N7O7S. The number of amides is 1. The van der Waals surface area contributed by atoms with E-state index >= 15 is 0 Å². The maximum absolute atomic E-state index is 12.9. The zero-order valence-electron chi connectivity index (χ0n) is 38.2. The summed E-state index contributed by atoms with van der Waals surface area (Å²) in [6, 6.07) is 40.1. The van der Waals surface area contributed by atoms with Crippen LogP contribution in [0.25, 0.3) is 45.0 Å². The first-order valence-corrected chi connectivity index (χ1v) is 24.2. The third-order valence-corrected chi connectivity index (χ3v) is 11.1. The fourth-order valence-electron chi connectivity index (χ4n) is 7.28. The first-order valence-electron chi connectivity index (χ1n) is 22.3. The van der Waals surface area contributed by atoms with Crippen LogP contribution in [0.4, 0.5) is 11.6 Å². The Labute approximate surface area is 388 Å². The summed E-state index contributed by atoms with van der Waals surface area (Å²) in [4.78, 5) is 50.0. The molecule has 1 amide bonds. The fraction of sp³-hybridized carbons (Fsp3) is 0.333. The number of hydrogen-bond acceptors (Lipinski definition) is 13. The lowest BCUT2D eigenvalue weighted by Gasteiger charge is -2.28. The monoisotopic (exact) mass is 913 g/mol. The highest BCUT2D eigenvalue weighted by molar-refractivity contribution is 7.89. The predicted octanol–water partition coefficient (Wildman–Crippen LogP) is 8.60. The number of carbonyl (C=O) groups is 2. The molecule has 0 saturated carbocycles. The Morgan fingerprint density at radius 1 is 0.576 bits per heavy atom. The van der Waals surface area contributed by atoms with E-state index in [0.29, 0.717) is 38.2 Å². The third-order valence-electron chi connectivity index (χ3n) is 10.5. The van der Waals surface area contributed by atoms with Gasteiger partial charge in [-0.15, -0.1) is 0 Å². The Morgan fingerprint density at radius 3 is 1.36 bits per heavy atom. The lowest BCUT2D eigenvalue weighted by atomic mass is 10.0. The van der Waals surface area contributed by atoms with E-state index in [1.807, 2.05) is 132 Å². The normalized spacial score (nSPS) is 11.9. The molecule has 6 aromatic rings. The molecule has 0 spiro atoms. The second-order valence-electron chi connectivity index (χ2n) is 16.3. The number of nitrogens with zero attached hydrogens (tertiary/aromatic N) is 6. The summed E-state index contributed by atoms with van der Waals surface area (Å²) in [5, 5.41) is 0. The van der Waals surface area contributed by atoms with Crippen molar-refractivity contribution < 1.29 is 32.2 Å². The van der Waals surface area contributed by atoms with Gasteiger partial charge in [-0.05, 0) is 53.4 Å². The molecular weight excluding hydrogens is 855 g/mol. The highest BCUT2D eigenvalue weighted by atomic mass is 32.2. The van der Waals surface area contributed by atoms with Crippen molar-refractivity contribution in [1.82, 2.24) is 24.7 Å². The Bertz CT molecular complexity index is 2570. The summed E-state index contributed by atoms with van der Waals surface area (Å²) in [7, 11) is -3.96. The van der Waals surface area contributed by atoms with Crippen LogP contribution in [0.5, 0.6) is 0 Å². The van der Waals surface area contributed by atoms with Crippen molar-refractivity contribution in [3.63, 3.8) is 0 Å². The van der Waals surface area contributed by atoms with E-state index < -0.39 is 34.8 Å². The number of carbonyl (C=O) groups excluding carboxylic acids is 2. The number of ether oxygens (including phenoxy) is 3. The molecule has 0 fully saturated rings. The maximum atomic E-state index is 12.9. The molecule has 1 N–H and O–H groups in total. The molecule has 0 bridgehead atoms. The van der Waals surface area contributed by atoms with Gasteiger partial charge in [0.15, 0.2) is 0 Å². The molecule has 2 aromatic heterocycles. The smallest absolute Gasteiger partial charge is 0.334 e. The third kappa shape index (κ3) is 14.2. The SMILES string of the molecule is CC(C)N(CCCCOCC(=O)OC(OCCCCN(c1cnc(-c2ccccc2)c(-c2ccccc2)n1)C(C)C)C(=O)NS(C)(=O)=O)c1cnc(-c2ccccc2)c(-c2ccccc2)n1. The first-order chi connectivity index (χ1) is 31.9. The Morgan fingerprint density at radius 2 is 0.970 bits per heavy atom. The second kappa shape index (κ2) is 24.1. The molecule has 0 radical (unpaired) electrons. The van der Waals surface area contributed by atoms with Crippen LogP contribution in [0, 0.1) is 0 Å². The van der Waals surface area contributed by atoms with Crippen LogP contribution < -0.4 is 14.5 Å². The van der Waals surface area contributed by atoms with Gasteiger partial charge in [0.1, 0.15) is 18.2 Å². The van der Waals surface area contributed by atoms with Crippen molar-refractivity contribution in [3.05, 3.63) is 134 Å². The molecule has 6 rings (SSSR count). The van der Waals surface area contributed by atoms with Gasteiger partial charge >= 0.3 is 11.9 Å².